The van der Waals surface area contributed by atoms with Crippen molar-refractivity contribution in [3.05, 3.63) is 28.9 Å². The summed E-state index contributed by atoms with van der Waals surface area (Å²) in [5.74, 6) is -0.639. The van der Waals surface area contributed by atoms with E-state index in [9.17, 15) is 9.18 Å². The summed E-state index contributed by atoms with van der Waals surface area (Å²) in [6.07, 6.45) is 0. The molecule has 0 fully saturated rings. The van der Waals surface area contributed by atoms with Crippen molar-refractivity contribution in [3.63, 3.8) is 0 Å². The normalized spacial score (nSPS) is 11.8. The van der Waals surface area contributed by atoms with E-state index in [0.29, 0.717) is 22.6 Å². The first-order chi connectivity index (χ1) is 9.34. The molecule has 4 nitrogen and oxygen atoms in total. The number of anilines is 1. The standard InChI is InChI=1S/C14H17FN2O2S/c1-14(2,7-19-3)17-13(18)12-11(16)9-6-8(15)4-5-10(9)20-12/h4-6H,7,16H2,1-3H3,(H,17,18). The highest BCUT2D eigenvalue weighted by Crippen LogP contribution is 2.34. The molecule has 2 aromatic rings. The van der Waals surface area contributed by atoms with E-state index in [1.807, 2.05) is 13.8 Å². The summed E-state index contributed by atoms with van der Waals surface area (Å²) >= 11 is 1.25. The topological polar surface area (TPSA) is 64.3 Å². The van der Waals surface area contributed by atoms with Gasteiger partial charge in [-0.3, -0.25) is 4.79 Å². The SMILES string of the molecule is COCC(C)(C)NC(=O)c1sc2ccc(F)cc2c1N. The molecule has 1 aromatic heterocycles. The maximum absolute atomic E-state index is 13.2. The van der Waals surface area contributed by atoms with E-state index in [4.69, 9.17) is 10.5 Å². The van der Waals surface area contributed by atoms with Crippen LogP contribution in [0.1, 0.15) is 23.5 Å². The van der Waals surface area contributed by atoms with Gasteiger partial charge in [0.1, 0.15) is 10.7 Å². The van der Waals surface area contributed by atoms with E-state index in [0.717, 1.165) is 4.70 Å². The number of hydrogen-bond donors (Lipinski definition) is 2. The molecule has 108 valence electrons. The van der Waals surface area contributed by atoms with Crippen LogP contribution in [0.4, 0.5) is 10.1 Å². The predicted octanol–water partition coefficient (Wildman–Crippen LogP) is 2.78. The fourth-order valence-electron chi connectivity index (χ4n) is 2.02. The summed E-state index contributed by atoms with van der Waals surface area (Å²) in [5, 5.41) is 3.44. The van der Waals surface area contributed by atoms with Gasteiger partial charge in [-0.15, -0.1) is 11.3 Å². The molecular weight excluding hydrogens is 279 g/mol. The first kappa shape index (κ1) is 14.7. The number of nitrogens with one attached hydrogen (secondary N) is 1. The minimum atomic E-state index is -0.500. The summed E-state index contributed by atoms with van der Waals surface area (Å²) in [7, 11) is 1.57. The van der Waals surface area contributed by atoms with E-state index < -0.39 is 5.54 Å². The van der Waals surface area contributed by atoms with Gasteiger partial charge in [-0.25, -0.2) is 4.39 Å². The number of nitrogens with two attached hydrogens (primary N) is 1. The van der Waals surface area contributed by atoms with Crippen molar-refractivity contribution in [2.24, 2.45) is 0 Å². The molecule has 0 unspecified atom stereocenters. The second-order valence-electron chi connectivity index (χ2n) is 5.26. The van der Waals surface area contributed by atoms with Crippen LogP contribution in [0, 0.1) is 5.82 Å². The zero-order valence-corrected chi connectivity index (χ0v) is 12.4. The number of rotatable bonds is 4. The Hall–Kier alpha value is -1.66. The molecule has 3 N–H and O–H groups in total. The molecule has 0 aliphatic rings. The quantitative estimate of drug-likeness (QED) is 0.912. The van der Waals surface area contributed by atoms with Gasteiger partial charge in [0.2, 0.25) is 0 Å². The summed E-state index contributed by atoms with van der Waals surface area (Å²) in [6, 6.07) is 4.33. The lowest BCUT2D eigenvalue weighted by Crippen LogP contribution is -2.46. The van der Waals surface area contributed by atoms with Crippen LogP contribution in [0.25, 0.3) is 10.1 Å². The van der Waals surface area contributed by atoms with Crippen molar-refractivity contribution in [1.82, 2.24) is 5.32 Å². The third kappa shape index (κ3) is 2.91. The number of amides is 1. The molecule has 0 bridgehead atoms. The summed E-state index contributed by atoms with van der Waals surface area (Å²) in [6.45, 7) is 4.10. The molecule has 0 spiro atoms. The third-order valence-electron chi connectivity index (χ3n) is 2.85. The van der Waals surface area contributed by atoms with Crippen LogP contribution in [-0.4, -0.2) is 25.2 Å². The number of hydrogen-bond acceptors (Lipinski definition) is 4. The van der Waals surface area contributed by atoms with Gasteiger partial charge >= 0.3 is 0 Å². The molecule has 0 aliphatic heterocycles. The molecular formula is C14H17FN2O2S. The molecule has 1 heterocycles. The highest BCUT2D eigenvalue weighted by Gasteiger charge is 2.24. The summed E-state index contributed by atoms with van der Waals surface area (Å²) in [5.41, 5.74) is 5.77. The van der Waals surface area contributed by atoms with Crippen molar-refractivity contribution in [3.8, 4) is 0 Å². The Morgan fingerprint density at radius 2 is 2.20 bits per heavy atom. The lowest BCUT2D eigenvalue weighted by Gasteiger charge is -2.24. The summed E-state index contributed by atoms with van der Waals surface area (Å²) in [4.78, 5) is 12.7. The summed E-state index contributed by atoms with van der Waals surface area (Å²) < 4.78 is 19.1. The van der Waals surface area contributed by atoms with Crippen molar-refractivity contribution >= 4 is 33.0 Å². The van der Waals surface area contributed by atoms with Gasteiger partial charge in [0, 0.05) is 17.2 Å². The Morgan fingerprint density at radius 3 is 2.85 bits per heavy atom. The number of carbonyl (C=O) groups is 1. The first-order valence-corrected chi connectivity index (χ1v) is 6.95. The van der Waals surface area contributed by atoms with Crippen molar-refractivity contribution in [1.29, 1.82) is 0 Å². The van der Waals surface area contributed by atoms with E-state index >= 15 is 0 Å². The molecule has 1 amide bonds. The Morgan fingerprint density at radius 1 is 1.50 bits per heavy atom. The highest BCUT2D eigenvalue weighted by atomic mass is 32.1. The van der Waals surface area contributed by atoms with Crippen LogP contribution in [0.3, 0.4) is 0 Å². The van der Waals surface area contributed by atoms with Crippen LogP contribution >= 0.6 is 11.3 Å². The molecule has 2 rings (SSSR count). The number of fused-ring (bicyclic) bond motifs is 1. The Bertz CT molecular complexity index is 652. The lowest BCUT2D eigenvalue weighted by atomic mass is 10.1. The van der Waals surface area contributed by atoms with Crippen LogP contribution < -0.4 is 11.1 Å². The molecule has 0 aliphatic carbocycles. The van der Waals surface area contributed by atoms with Crippen molar-refractivity contribution in [2.45, 2.75) is 19.4 Å². The van der Waals surface area contributed by atoms with Gasteiger partial charge in [-0.1, -0.05) is 0 Å². The van der Waals surface area contributed by atoms with Gasteiger partial charge in [0.25, 0.3) is 5.91 Å². The van der Waals surface area contributed by atoms with Gasteiger partial charge in [-0.05, 0) is 32.0 Å². The maximum atomic E-state index is 13.2. The van der Waals surface area contributed by atoms with Crippen molar-refractivity contribution < 1.29 is 13.9 Å². The van der Waals surface area contributed by atoms with E-state index in [-0.39, 0.29) is 11.7 Å². The molecule has 0 saturated carbocycles. The second kappa shape index (κ2) is 5.38. The molecule has 0 saturated heterocycles. The Labute approximate surface area is 120 Å². The largest absolute Gasteiger partial charge is 0.397 e. The smallest absolute Gasteiger partial charge is 0.264 e. The molecule has 6 heteroatoms. The fourth-order valence-corrected chi connectivity index (χ4v) is 3.02. The zero-order valence-electron chi connectivity index (χ0n) is 11.6. The minimum Gasteiger partial charge on any atom is -0.397 e. The van der Waals surface area contributed by atoms with Gasteiger partial charge < -0.3 is 15.8 Å². The minimum absolute atomic E-state index is 0.272. The van der Waals surface area contributed by atoms with E-state index in [1.54, 1.807) is 13.2 Å². The molecule has 0 atom stereocenters. The lowest BCUT2D eigenvalue weighted by molar-refractivity contribution is 0.0824. The van der Waals surface area contributed by atoms with Crippen LogP contribution in [0.5, 0.6) is 0 Å². The van der Waals surface area contributed by atoms with Gasteiger partial charge in [0.05, 0.1) is 17.8 Å². The number of methoxy groups -OCH3 is 1. The molecule has 20 heavy (non-hydrogen) atoms. The number of carbonyl (C=O) groups excluding carboxylic acids is 1. The number of ether oxygens (including phenoxy) is 1. The average molecular weight is 296 g/mol. The number of nitrogen functional groups attached to an aromatic ring is 1. The fraction of sp³-hybridized carbons (Fsp3) is 0.357. The van der Waals surface area contributed by atoms with Crippen LogP contribution in [0.2, 0.25) is 0 Å². The monoisotopic (exact) mass is 296 g/mol. The number of halogens is 1. The third-order valence-corrected chi connectivity index (χ3v) is 4.04. The molecule has 1 aromatic carbocycles. The molecule has 0 radical (unpaired) electrons. The van der Waals surface area contributed by atoms with Gasteiger partial charge in [0.15, 0.2) is 0 Å². The van der Waals surface area contributed by atoms with Crippen LogP contribution in [-0.2, 0) is 4.74 Å². The highest BCUT2D eigenvalue weighted by molar-refractivity contribution is 7.21. The van der Waals surface area contributed by atoms with E-state index in [2.05, 4.69) is 5.32 Å². The zero-order chi connectivity index (χ0) is 14.9. The van der Waals surface area contributed by atoms with Crippen LogP contribution in [0.15, 0.2) is 18.2 Å². The Kier molecular flexibility index (Phi) is 3.96. The van der Waals surface area contributed by atoms with E-state index in [1.165, 1.54) is 23.5 Å². The van der Waals surface area contributed by atoms with Gasteiger partial charge in [-0.2, -0.15) is 0 Å². The first-order valence-electron chi connectivity index (χ1n) is 6.13. The predicted molar refractivity (Wildman–Crippen MR) is 79.6 cm³/mol. The second-order valence-corrected chi connectivity index (χ2v) is 6.31. The average Bonchev–Trinajstić information content (AvgIpc) is 2.66. The number of benzene rings is 1. The van der Waals surface area contributed by atoms with Crippen molar-refractivity contribution in [2.75, 3.05) is 19.5 Å². The maximum Gasteiger partial charge on any atom is 0.264 e. The Balaban J connectivity index is 2.33. The number of thiophene rings is 1.